The van der Waals surface area contributed by atoms with Gasteiger partial charge in [0.2, 0.25) is 0 Å². The van der Waals surface area contributed by atoms with Gasteiger partial charge in [0, 0.05) is 20.3 Å². The fourth-order valence-electron chi connectivity index (χ4n) is 2.04. The largest absolute Gasteiger partial charge is 0.459 e. The second-order valence-corrected chi connectivity index (χ2v) is 5.08. The summed E-state index contributed by atoms with van der Waals surface area (Å²) >= 11 is 0. The molecule has 0 amide bonds. The van der Waals surface area contributed by atoms with E-state index in [0.29, 0.717) is 6.42 Å². The number of carbonyl (C=O) groups is 3. The van der Waals surface area contributed by atoms with Gasteiger partial charge in [-0.05, 0) is 31.9 Å². The molecule has 0 aromatic rings. The molecule has 1 heterocycles. The predicted octanol–water partition coefficient (Wildman–Crippen LogP) is 2.08. The van der Waals surface area contributed by atoms with Crippen molar-refractivity contribution in [1.29, 1.82) is 0 Å². The van der Waals surface area contributed by atoms with Crippen LogP contribution in [0.3, 0.4) is 0 Å². The summed E-state index contributed by atoms with van der Waals surface area (Å²) in [4.78, 5) is 33.2. The Kier molecular flexibility index (Phi) is 7.36. The van der Waals surface area contributed by atoms with Crippen molar-refractivity contribution in [2.24, 2.45) is 0 Å². The van der Waals surface area contributed by atoms with Crippen LogP contribution in [0.1, 0.15) is 40.0 Å². The highest BCUT2D eigenvalue weighted by Crippen LogP contribution is 2.15. The fraction of sp³-hybridized carbons (Fsp3) is 0.562. The molecule has 0 spiro atoms. The maximum atomic E-state index is 11.1. The molecule has 1 aliphatic heterocycles. The first kappa shape index (κ1) is 17.9. The molecule has 6 nitrogen and oxygen atoms in total. The molecule has 0 aromatic carbocycles. The van der Waals surface area contributed by atoms with E-state index in [4.69, 9.17) is 14.2 Å². The van der Waals surface area contributed by atoms with Crippen molar-refractivity contribution in [2.75, 3.05) is 0 Å². The van der Waals surface area contributed by atoms with Gasteiger partial charge in [-0.2, -0.15) is 0 Å². The summed E-state index contributed by atoms with van der Waals surface area (Å²) in [5.41, 5.74) is 0. The number of allylic oxidation sites excluding steroid dienone is 2. The van der Waals surface area contributed by atoms with E-state index in [-0.39, 0.29) is 12.1 Å². The van der Waals surface area contributed by atoms with E-state index in [1.165, 1.54) is 13.8 Å². The standard InChI is InChI=1S/C16H22O6/c1-11(20-12(2)17)15(21-13(3)18)9-5-4-7-14-8-6-10-16(19)22-14/h4-5,7,9,11,14-15H,6,8,10H2,1-3H3/b7-4-,9-5+/t11-,14-,15+/m0/s1. The summed E-state index contributed by atoms with van der Waals surface area (Å²) in [6.45, 7) is 4.23. The molecule has 1 aliphatic rings. The van der Waals surface area contributed by atoms with Gasteiger partial charge in [0.15, 0.2) is 6.10 Å². The normalized spacial score (nSPS) is 21.4. The van der Waals surface area contributed by atoms with E-state index in [2.05, 4.69) is 0 Å². The number of ether oxygens (including phenoxy) is 3. The molecule has 1 saturated heterocycles. The summed E-state index contributed by atoms with van der Waals surface area (Å²) in [5, 5.41) is 0. The van der Waals surface area contributed by atoms with Crippen LogP contribution in [0.4, 0.5) is 0 Å². The zero-order chi connectivity index (χ0) is 16.5. The second-order valence-electron chi connectivity index (χ2n) is 5.08. The fourth-order valence-corrected chi connectivity index (χ4v) is 2.04. The molecule has 0 saturated carbocycles. The molecule has 122 valence electrons. The predicted molar refractivity (Wildman–Crippen MR) is 78.8 cm³/mol. The minimum absolute atomic E-state index is 0.189. The zero-order valence-electron chi connectivity index (χ0n) is 13.1. The highest BCUT2D eigenvalue weighted by molar-refractivity contribution is 5.70. The summed E-state index contributed by atoms with van der Waals surface area (Å²) < 4.78 is 15.3. The summed E-state index contributed by atoms with van der Waals surface area (Å²) in [6, 6.07) is 0. The van der Waals surface area contributed by atoms with Crippen molar-refractivity contribution in [1.82, 2.24) is 0 Å². The highest BCUT2D eigenvalue weighted by Gasteiger charge is 2.20. The third kappa shape index (κ3) is 7.06. The molecule has 0 N–H and O–H groups in total. The number of hydrogen-bond donors (Lipinski definition) is 0. The number of hydrogen-bond acceptors (Lipinski definition) is 6. The number of carbonyl (C=O) groups excluding carboxylic acids is 3. The molecule has 22 heavy (non-hydrogen) atoms. The molecular formula is C16H22O6. The van der Waals surface area contributed by atoms with E-state index in [0.717, 1.165) is 12.8 Å². The van der Waals surface area contributed by atoms with Gasteiger partial charge < -0.3 is 14.2 Å². The Balaban J connectivity index is 2.57. The lowest BCUT2D eigenvalue weighted by Gasteiger charge is -2.20. The maximum Gasteiger partial charge on any atom is 0.306 e. The SMILES string of the molecule is CC(=O)O[C@@H](C)[C@@H](/C=C/C=C\[C@H]1CCCC(=O)O1)OC(C)=O. The highest BCUT2D eigenvalue weighted by atomic mass is 16.6. The molecule has 6 heteroatoms. The van der Waals surface area contributed by atoms with E-state index in [1.807, 2.05) is 0 Å². The Morgan fingerprint density at radius 2 is 1.91 bits per heavy atom. The van der Waals surface area contributed by atoms with Crippen molar-refractivity contribution >= 4 is 17.9 Å². The van der Waals surface area contributed by atoms with E-state index in [1.54, 1.807) is 31.2 Å². The van der Waals surface area contributed by atoms with Crippen LogP contribution in [0.25, 0.3) is 0 Å². The summed E-state index contributed by atoms with van der Waals surface area (Å²) in [6.07, 6.45) is 7.41. The van der Waals surface area contributed by atoms with Gasteiger partial charge in [0.25, 0.3) is 0 Å². The van der Waals surface area contributed by atoms with E-state index < -0.39 is 24.1 Å². The first-order valence-electron chi connectivity index (χ1n) is 7.27. The van der Waals surface area contributed by atoms with Crippen LogP contribution >= 0.6 is 0 Å². The lowest BCUT2D eigenvalue weighted by Crippen LogP contribution is -2.30. The Morgan fingerprint density at radius 3 is 2.50 bits per heavy atom. The monoisotopic (exact) mass is 310 g/mol. The molecule has 0 aromatic heterocycles. The van der Waals surface area contributed by atoms with Gasteiger partial charge in [0.05, 0.1) is 0 Å². The lowest BCUT2D eigenvalue weighted by atomic mass is 10.1. The van der Waals surface area contributed by atoms with Gasteiger partial charge in [-0.3, -0.25) is 14.4 Å². The number of rotatable bonds is 6. The first-order chi connectivity index (χ1) is 10.4. The van der Waals surface area contributed by atoms with Crippen LogP contribution in [0.5, 0.6) is 0 Å². The second kappa shape index (κ2) is 9.02. The third-order valence-corrected chi connectivity index (χ3v) is 3.01. The molecule has 3 atom stereocenters. The smallest absolute Gasteiger partial charge is 0.306 e. The lowest BCUT2D eigenvalue weighted by molar-refractivity contribution is -0.160. The maximum absolute atomic E-state index is 11.1. The summed E-state index contributed by atoms with van der Waals surface area (Å²) in [7, 11) is 0. The molecule has 0 radical (unpaired) electrons. The van der Waals surface area contributed by atoms with Crippen molar-refractivity contribution in [3.63, 3.8) is 0 Å². The van der Waals surface area contributed by atoms with E-state index >= 15 is 0 Å². The van der Waals surface area contributed by atoms with Gasteiger partial charge in [-0.15, -0.1) is 0 Å². The topological polar surface area (TPSA) is 78.9 Å². The molecule has 1 fully saturated rings. The number of esters is 3. The van der Waals surface area contributed by atoms with Crippen molar-refractivity contribution in [3.8, 4) is 0 Å². The first-order valence-corrected chi connectivity index (χ1v) is 7.27. The summed E-state index contributed by atoms with van der Waals surface area (Å²) in [5.74, 6) is -1.09. The van der Waals surface area contributed by atoms with Crippen molar-refractivity contribution < 1.29 is 28.6 Å². The van der Waals surface area contributed by atoms with Crippen molar-refractivity contribution in [2.45, 2.75) is 58.3 Å². The molecular weight excluding hydrogens is 288 g/mol. The quantitative estimate of drug-likeness (QED) is 0.424. The molecule has 1 rings (SSSR count). The Bertz CT molecular complexity index is 465. The van der Waals surface area contributed by atoms with Crippen molar-refractivity contribution in [3.05, 3.63) is 24.3 Å². The van der Waals surface area contributed by atoms with Crippen LogP contribution in [0.15, 0.2) is 24.3 Å². The van der Waals surface area contributed by atoms with Gasteiger partial charge in [-0.1, -0.05) is 12.2 Å². The number of cyclic esters (lactones) is 1. The van der Waals surface area contributed by atoms with Gasteiger partial charge >= 0.3 is 17.9 Å². The molecule has 0 aliphatic carbocycles. The van der Waals surface area contributed by atoms with Crippen LogP contribution in [-0.4, -0.2) is 36.2 Å². The third-order valence-electron chi connectivity index (χ3n) is 3.01. The van der Waals surface area contributed by atoms with Crippen LogP contribution in [0.2, 0.25) is 0 Å². The average Bonchev–Trinajstić information content (AvgIpc) is 2.41. The van der Waals surface area contributed by atoms with Crippen LogP contribution in [-0.2, 0) is 28.6 Å². The minimum Gasteiger partial charge on any atom is -0.459 e. The zero-order valence-corrected chi connectivity index (χ0v) is 13.1. The minimum atomic E-state index is -0.667. The van der Waals surface area contributed by atoms with Gasteiger partial charge in [0.1, 0.15) is 12.2 Å². The van der Waals surface area contributed by atoms with Gasteiger partial charge in [-0.25, -0.2) is 0 Å². The Morgan fingerprint density at radius 1 is 1.23 bits per heavy atom. The Hall–Kier alpha value is -2.11. The average molecular weight is 310 g/mol. The van der Waals surface area contributed by atoms with Crippen LogP contribution in [0, 0.1) is 0 Å². The Labute approximate surface area is 130 Å². The van der Waals surface area contributed by atoms with E-state index in [9.17, 15) is 14.4 Å². The van der Waals surface area contributed by atoms with Crippen LogP contribution < -0.4 is 0 Å². The molecule has 0 bridgehead atoms. The molecule has 0 unspecified atom stereocenters.